The summed E-state index contributed by atoms with van der Waals surface area (Å²) in [6.45, 7) is 0.374. The summed E-state index contributed by atoms with van der Waals surface area (Å²) in [7, 11) is 0. The lowest BCUT2D eigenvalue weighted by Crippen LogP contribution is -2.23. The SMILES string of the molecule is Nc1ccc(C(=O)NCc2cc(Br)cs2)c(F)c1. The van der Waals surface area contributed by atoms with Crippen LogP contribution in [0.15, 0.2) is 34.1 Å². The minimum atomic E-state index is -0.611. The smallest absolute Gasteiger partial charge is 0.254 e. The third-order valence-corrected chi connectivity index (χ3v) is 3.98. The van der Waals surface area contributed by atoms with Crippen molar-refractivity contribution >= 4 is 38.9 Å². The van der Waals surface area contributed by atoms with Crippen molar-refractivity contribution in [1.82, 2.24) is 5.32 Å². The Labute approximate surface area is 116 Å². The fourth-order valence-corrected chi connectivity index (χ4v) is 2.82. The fraction of sp³-hybridized carbons (Fsp3) is 0.0833. The molecule has 2 rings (SSSR count). The molecular formula is C12H10BrFN2OS. The summed E-state index contributed by atoms with van der Waals surface area (Å²) in [5.74, 6) is -1.06. The second-order valence-electron chi connectivity index (χ2n) is 3.65. The first-order valence-electron chi connectivity index (χ1n) is 5.12. The van der Waals surface area contributed by atoms with E-state index in [1.54, 1.807) is 0 Å². The molecule has 0 saturated carbocycles. The van der Waals surface area contributed by atoms with Crippen LogP contribution in [0.1, 0.15) is 15.2 Å². The molecule has 6 heteroatoms. The summed E-state index contributed by atoms with van der Waals surface area (Å²) < 4.78 is 14.5. The van der Waals surface area contributed by atoms with Gasteiger partial charge in [-0.15, -0.1) is 11.3 Å². The first kappa shape index (κ1) is 13.0. The Morgan fingerprint density at radius 2 is 2.22 bits per heavy atom. The van der Waals surface area contributed by atoms with E-state index in [2.05, 4.69) is 21.2 Å². The Bertz CT molecular complexity index is 585. The third-order valence-electron chi connectivity index (χ3n) is 2.28. The summed E-state index contributed by atoms with van der Waals surface area (Å²) in [5, 5.41) is 4.58. The Morgan fingerprint density at radius 1 is 1.44 bits per heavy atom. The van der Waals surface area contributed by atoms with E-state index >= 15 is 0 Å². The molecule has 94 valence electrons. The lowest BCUT2D eigenvalue weighted by atomic mass is 10.2. The topological polar surface area (TPSA) is 55.1 Å². The number of halogens is 2. The molecule has 0 fully saturated rings. The van der Waals surface area contributed by atoms with E-state index in [1.807, 2.05) is 11.4 Å². The molecule has 18 heavy (non-hydrogen) atoms. The molecule has 0 bridgehead atoms. The molecule has 1 amide bonds. The molecule has 2 aromatic rings. The summed E-state index contributed by atoms with van der Waals surface area (Å²) in [6, 6.07) is 5.92. The summed E-state index contributed by atoms with van der Waals surface area (Å²) in [4.78, 5) is 12.7. The molecule has 0 saturated heterocycles. The maximum Gasteiger partial charge on any atom is 0.254 e. The van der Waals surface area contributed by atoms with E-state index in [0.717, 1.165) is 15.4 Å². The van der Waals surface area contributed by atoms with Crippen molar-refractivity contribution in [2.24, 2.45) is 0 Å². The number of carbonyl (C=O) groups is 1. The van der Waals surface area contributed by atoms with Crippen LogP contribution in [0.4, 0.5) is 10.1 Å². The van der Waals surface area contributed by atoms with Gasteiger partial charge in [-0.25, -0.2) is 4.39 Å². The minimum absolute atomic E-state index is 0.000165. The van der Waals surface area contributed by atoms with Crippen LogP contribution in [-0.4, -0.2) is 5.91 Å². The Balaban J connectivity index is 2.03. The van der Waals surface area contributed by atoms with E-state index in [4.69, 9.17) is 5.73 Å². The second kappa shape index (κ2) is 5.49. The molecule has 0 aliphatic rings. The van der Waals surface area contributed by atoms with E-state index in [9.17, 15) is 9.18 Å². The average molecular weight is 329 g/mol. The maximum atomic E-state index is 13.5. The molecule has 1 aromatic carbocycles. The Morgan fingerprint density at radius 3 is 2.83 bits per heavy atom. The van der Waals surface area contributed by atoms with Crippen molar-refractivity contribution in [2.75, 3.05) is 5.73 Å². The van der Waals surface area contributed by atoms with Gasteiger partial charge >= 0.3 is 0 Å². The van der Waals surface area contributed by atoms with Crippen LogP contribution in [0.2, 0.25) is 0 Å². The van der Waals surface area contributed by atoms with Crippen LogP contribution in [0.3, 0.4) is 0 Å². The molecule has 0 aliphatic heterocycles. The van der Waals surface area contributed by atoms with Crippen molar-refractivity contribution in [2.45, 2.75) is 6.54 Å². The predicted octanol–water partition coefficient (Wildman–Crippen LogP) is 3.16. The number of anilines is 1. The highest BCUT2D eigenvalue weighted by Crippen LogP contribution is 2.19. The van der Waals surface area contributed by atoms with Gasteiger partial charge in [0.25, 0.3) is 5.91 Å². The number of nitrogens with two attached hydrogens (primary N) is 1. The van der Waals surface area contributed by atoms with Gasteiger partial charge in [0.05, 0.1) is 12.1 Å². The summed E-state index contributed by atoms with van der Waals surface area (Å²) >= 11 is 4.85. The standard InChI is InChI=1S/C12H10BrFN2OS/c13-7-3-9(18-6-7)5-16-12(17)10-2-1-8(15)4-11(10)14/h1-4,6H,5,15H2,(H,16,17). The molecular weight excluding hydrogens is 319 g/mol. The van der Waals surface area contributed by atoms with Gasteiger partial charge in [0, 0.05) is 20.4 Å². The van der Waals surface area contributed by atoms with Gasteiger partial charge < -0.3 is 11.1 Å². The monoisotopic (exact) mass is 328 g/mol. The molecule has 0 radical (unpaired) electrons. The molecule has 1 aromatic heterocycles. The molecule has 0 spiro atoms. The zero-order valence-electron chi connectivity index (χ0n) is 9.24. The highest BCUT2D eigenvalue weighted by atomic mass is 79.9. The Kier molecular flexibility index (Phi) is 3.98. The van der Waals surface area contributed by atoms with E-state index in [0.29, 0.717) is 12.2 Å². The van der Waals surface area contributed by atoms with Gasteiger partial charge in [-0.1, -0.05) is 0 Å². The Hall–Kier alpha value is -1.40. The van der Waals surface area contributed by atoms with Crippen molar-refractivity contribution in [3.63, 3.8) is 0 Å². The van der Waals surface area contributed by atoms with Crippen LogP contribution in [0.25, 0.3) is 0 Å². The van der Waals surface area contributed by atoms with Crippen molar-refractivity contribution in [3.05, 3.63) is 50.4 Å². The van der Waals surface area contributed by atoms with Crippen LogP contribution < -0.4 is 11.1 Å². The molecule has 1 heterocycles. The summed E-state index contributed by atoms with van der Waals surface area (Å²) in [5.41, 5.74) is 5.72. The van der Waals surface area contributed by atoms with Gasteiger partial charge in [-0.3, -0.25) is 4.79 Å². The van der Waals surface area contributed by atoms with Crippen molar-refractivity contribution in [1.29, 1.82) is 0 Å². The molecule has 0 aliphatic carbocycles. The number of carbonyl (C=O) groups excluding carboxylic acids is 1. The highest BCUT2D eigenvalue weighted by Gasteiger charge is 2.11. The summed E-state index contributed by atoms with van der Waals surface area (Å²) in [6.07, 6.45) is 0. The van der Waals surface area contributed by atoms with Crippen molar-refractivity contribution in [3.8, 4) is 0 Å². The second-order valence-corrected chi connectivity index (χ2v) is 5.56. The largest absolute Gasteiger partial charge is 0.399 e. The molecule has 0 unspecified atom stereocenters. The van der Waals surface area contributed by atoms with Crippen LogP contribution in [-0.2, 0) is 6.54 Å². The fourth-order valence-electron chi connectivity index (χ4n) is 1.42. The number of nitrogen functional groups attached to an aromatic ring is 1. The van der Waals surface area contributed by atoms with Crippen LogP contribution >= 0.6 is 27.3 Å². The normalized spacial score (nSPS) is 10.3. The van der Waals surface area contributed by atoms with Crippen LogP contribution in [0, 0.1) is 5.82 Å². The highest BCUT2D eigenvalue weighted by molar-refractivity contribution is 9.10. The number of hydrogen-bond acceptors (Lipinski definition) is 3. The van der Waals surface area contributed by atoms with Gasteiger partial charge in [0.15, 0.2) is 0 Å². The van der Waals surface area contributed by atoms with E-state index < -0.39 is 11.7 Å². The zero-order valence-corrected chi connectivity index (χ0v) is 11.6. The minimum Gasteiger partial charge on any atom is -0.399 e. The third kappa shape index (κ3) is 3.08. The number of benzene rings is 1. The molecule has 0 atom stereocenters. The number of hydrogen-bond donors (Lipinski definition) is 2. The first-order valence-corrected chi connectivity index (χ1v) is 6.79. The predicted molar refractivity (Wildman–Crippen MR) is 74.0 cm³/mol. The van der Waals surface area contributed by atoms with E-state index in [-0.39, 0.29) is 5.56 Å². The van der Waals surface area contributed by atoms with Crippen LogP contribution in [0.5, 0.6) is 0 Å². The average Bonchev–Trinajstić information content (AvgIpc) is 2.72. The van der Waals surface area contributed by atoms with E-state index in [1.165, 1.54) is 23.5 Å². The zero-order chi connectivity index (χ0) is 13.1. The van der Waals surface area contributed by atoms with Gasteiger partial charge in [-0.05, 0) is 40.2 Å². The lowest BCUT2D eigenvalue weighted by molar-refractivity contribution is 0.0947. The quantitative estimate of drug-likeness (QED) is 0.850. The number of amides is 1. The van der Waals surface area contributed by atoms with Gasteiger partial charge in [0.1, 0.15) is 5.82 Å². The lowest BCUT2D eigenvalue weighted by Gasteiger charge is -2.05. The number of rotatable bonds is 3. The van der Waals surface area contributed by atoms with Crippen molar-refractivity contribution < 1.29 is 9.18 Å². The van der Waals surface area contributed by atoms with Gasteiger partial charge in [0.2, 0.25) is 0 Å². The molecule has 3 N–H and O–H groups in total. The molecule has 3 nitrogen and oxygen atoms in total. The first-order chi connectivity index (χ1) is 8.56. The maximum absolute atomic E-state index is 13.5. The number of nitrogens with one attached hydrogen (secondary N) is 1. The van der Waals surface area contributed by atoms with Gasteiger partial charge in [-0.2, -0.15) is 0 Å². The number of thiophene rings is 1.